The molecular formula is C40H23N3O. The maximum atomic E-state index is 6.79. The Balaban J connectivity index is 1.48. The van der Waals surface area contributed by atoms with Gasteiger partial charge >= 0.3 is 0 Å². The SMILES string of the molecule is c1ccc(-c2nc3c(ccc4ccccc43)nc2-n2c3ccccc3c3c4ccccc4c4c5ccccc5oc4c32)cc1. The molecule has 0 bridgehead atoms. The molecule has 0 spiro atoms. The first-order valence-corrected chi connectivity index (χ1v) is 14.9. The highest BCUT2D eigenvalue weighted by atomic mass is 16.3. The molecule has 0 N–H and O–H groups in total. The molecule has 10 aromatic rings. The van der Waals surface area contributed by atoms with Crippen molar-refractivity contribution in [1.82, 2.24) is 14.5 Å². The van der Waals surface area contributed by atoms with Crippen molar-refractivity contribution in [2.45, 2.75) is 0 Å². The summed E-state index contributed by atoms with van der Waals surface area (Å²) in [5, 5.41) is 9.15. The summed E-state index contributed by atoms with van der Waals surface area (Å²) in [5.41, 5.74) is 7.38. The van der Waals surface area contributed by atoms with Crippen LogP contribution in [0.3, 0.4) is 0 Å². The first-order chi connectivity index (χ1) is 21.8. The van der Waals surface area contributed by atoms with E-state index in [-0.39, 0.29) is 0 Å². The van der Waals surface area contributed by atoms with Gasteiger partial charge in [0, 0.05) is 32.5 Å². The lowest BCUT2D eigenvalue weighted by Crippen LogP contribution is -2.04. The Morgan fingerprint density at radius 3 is 2.00 bits per heavy atom. The normalized spacial score (nSPS) is 12.1. The second kappa shape index (κ2) is 8.76. The average Bonchev–Trinajstić information content (AvgIpc) is 3.65. The Kier molecular flexibility index (Phi) is 4.69. The van der Waals surface area contributed by atoms with E-state index in [1.54, 1.807) is 0 Å². The highest BCUT2D eigenvalue weighted by Gasteiger charge is 2.25. The van der Waals surface area contributed by atoms with Crippen LogP contribution in [0.5, 0.6) is 0 Å². The Hall–Kier alpha value is -6.00. The van der Waals surface area contributed by atoms with Gasteiger partial charge in [0.1, 0.15) is 11.3 Å². The number of rotatable bonds is 2. The van der Waals surface area contributed by atoms with Gasteiger partial charge in [-0.2, -0.15) is 0 Å². The molecule has 204 valence electrons. The number of fused-ring (bicyclic) bond motifs is 13. The van der Waals surface area contributed by atoms with E-state index in [1.165, 1.54) is 10.8 Å². The summed E-state index contributed by atoms with van der Waals surface area (Å²) in [6.45, 7) is 0. The maximum absolute atomic E-state index is 6.79. The first kappa shape index (κ1) is 23.6. The molecule has 0 unspecified atom stereocenters. The average molecular weight is 562 g/mol. The number of furan rings is 1. The van der Waals surface area contributed by atoms with E-state index in [4.69, 9.17) is 14.4 Å². The summed E-state index contributed by atoms with van der Waals surface area (Å²) in [6, 6.07) is 48.6. The molecule has 0 aliphatic carbocycles. The van der Waals surface area contributed by atoms with Crippen LogP contribution in [0.25, 0.3) is 93.4 Å². The molecule has 0 aliphatic rings. The largest absolute Gasteiger partial charge is 0.454 e. The quantitative estimate of drug-likeness (QED) is 0.197. The van der Waals surface area contributed by atoms with Crippen molar-refractivity contribution >= 4 is 76.3 Å². The molecule has 0 fully saturated rings. The predicted molar refractivity (Wildman–Crippen MR) is 182 cm³/mol. The summed E-state index contributed by atoms with van der Waals surface area (Å²) in [7, 11) is 0. The standard InChI is InChI=1S/C40H23N3O/c1-2-13-25(14-3-1)36-40(41-31-23-22-24-12-4-5-15-26(24)37(31)42-36)43-32-20-10-8-18-29(32)34-27-16-6-7-17-28(27)35-30-19-9-11-21-33(30)44-39(35)38(34)43/h1-23H. The Bertz CT molecular complexity index is 2770. The molecule has 3 aromatic heterocycles. The zero-order valence-corrected chi connectivity index (χ0v) is 23.5. The summed E-state index contributed by atoms with van der Waals surface area (Å²) >= 11 is 0. The number of benzene rings is 7. The third-order valence-corrected chi connectivity index (χ3v) is 8.95. The van der Waals surface area contributed by atoms with Gasteiger partial charge in [0.05, 0.1) is 22.1 Å². The molecule has 0 saturated heterocycles. The van der Waals surface area contributed by atoms with Crippen molar-refractivity contribution in [2.24, 2.45) is 0 Å². The van der Waals surface area contributed by atoms with Gasteiger partial charge in [-0.05, 0) is 34.4 Å². The van der Waals surface area contributed by atoms with Crippen molar-refractivity contribution in [2.75, 3.05) is 0 Å². The van der Waals surface area contributed by atoms with Gasteiger partial charge < -0.3 is 4.42 Å². The van der Waals surface area contributed by atoms with E-state index in [1.807, 2.05) is 12.1 Å². The molecule has 0 atom stereocenters. The summed E-state index contributed by atoms with van der Waals surface area (Å²) in [5.74, 6) is 0.780. The molecular weight excluding hydrogens is 538 g/mol. The van der Waals surface area contributed by atoms with Crippen molar-refractivity contribution in [3.05, 3.63) is 140 Å². The van der Waals surface area contributed by atoms with Gasteiger partial charge in [-0.15, -0.1) is 0 Å². The number of nitrogens with zero attached hydrogens (tertiary/aromatic N) is 3. The molecule has 4 nitrogen and oxygen atoms in total. The van der Waals surface area contributed by atoms with Crippen LogP contribution in [0, 0.1) is 0 Å². The Labute approximate surface area is 251 Å². The predicted octanol–water partition coefficient (Wildman–Crippen LogP) is 10.6. The lowest BCUT2D eigenvalue weighted by molar-refractivity contribution is 0.671. The molecule has 0 saturated carbocycles. The summed E-state index contributed by atoms with van der Waals surface area (Å²) in [4.78, 5) is 10.9. The Morgan fingerprint density at radius 2 is 1.16 bits per heavy atom. The van der Waals surface area contributed by atoms with Crippen LogP contribution in [0.1, 0.15) is 0 Å². The number of hydrogen-bond acceptors (Lipinski definition) is 3. The summed E-state index contributed by atoms with van der Waals surface area (Å²) < 4.78 is 9.07. The van der Waals surface area contributed by atoms with Crippen LogP contribution in [-0.4, -0.2) is 14.5 Å². The lowest BCUT2D eigenvalue weighted by atomic mass is 9.99. The van der Waals surface area contributed by atoms with Crippen LogP contribution in [0.15, 0.2) is 144 Å². The fourth-order valence-electron chi connectivity index (χ4n) is 7.07. The van der Waals surface area contributed by atoms with Gasteiger partial charge in [0.15, 0.2) is 11.4 Å². The van der Waals surface area contributed by atoms with Crippen LogP contribution in [0.2, 0.25) is 0 Å². The number of hydrogen-bond donors (Lipinski definition) is 0. The molecule has 44 heavy (non-hydrogen) atoms. The summed E-state index contributed by atoms with van der Waals surface area (Å²) in [6.07, 6.45) is 0. The van der Waals surface area contributed by atoms with Gasteiger partial charge in [0.25, 0.3) is 0 Å². The van der Waals surface area contributed by atoms with Crippen molar-refractivity contribution in [3.63, 3.8) is 0 Å². The Morgan fingerprint density at radius 1 is 0.500 bits per heavy atom. The maximum Gasteiger partial charge on any atom is 0.165 e. The second-order valence-corrected chi connectivity index (χ2v) is 11.3. The van der Waals surface area contributed by atoms with Crippen LogP contribution in [0.4, 0.5) is 0 Å². The highest BCUT2D eigenvalue weighted by molar-refractivity contribution is 6.35. The second-order valence-electron chi connectivity index (χ2n) is 11.3. The molecule has 3 heterocycles. The topological polar surface area (TPSA) is 43.9 Å². The van der Waals surface area contributed by atoms with Gasteiger partial charge in [-0.25, -0.2) is 9.97 Å². The third kappa shape index (κ3) is 3.11. The number of aromatic nitrogens is 3. The van der Waals surface area contributed by atoms with Gasteiger partial charge in [0.2, 0.25) is 0 Å². The first-order valence-electron chi connectivity index (χ1n) is 14.9. The minimum absolute atomic E-state index is 0.780. The fourth-order valence-corrected chi connectivity index (χ4v) is 7.07. The van der Waals surface area contributed by atoms with E-state index in [9.17, 15) is 0 Å². The minimum Gasteiger partial charge on any atom is -0.454 e. The number of para-hydroxylation sites is 2. The monoisotopic (exact) mass is 561 g/mol. The van der Waals surface area contributed by atoms with Crippen LogP contribution < -0.4 is 0 Å². The minimum atomic E-state index is 0.780. The van der Waals surface area contributed by atoms with Crippen molar-refractivity contribution < 1.29 is 4.42 Å². The van der Waals surface area contributed by atoms with E-state index in [2.05, 4.69) is 132 Å². The fraction of sp³-hybridized carbons (Fsp3) is 0. The highest BCUT2D eigenvalue weighted by Crippen LogP contribution is 2.46. The zero-order chi connectivity index (χ0) is 28.8. The van der Waals surface area contributed by atoms with Gasteiger partial charge in [-0.1, -0.05) is 121 Å². The molecule has 7 aromatic carbocycles. The molecule has 0 aliphatic heterocycles. The van der Waals surface area contributed by atoms with Crippen molar-refractivity contribution in [3.8, 4) is 17.1 Å². The van der Waals surface area contributed by atoms with Crippen LogP contribution >= 0.6 is 0 Å². The van der Waals surface area contributed by atoms with Gasteiger partial charge in [-0.3, -0.25) is 4.57 Å². The van der Waals surface area contributed by atoms with E-state index >= 15 is 0 Å². The zero-order valence-electron chi connectivity index (χ0n) is 23.5. The van der Waals surface area contributed by atoms with Crippen molar-refractivity contribution in [1.29, 1.82) is 0 Å². The van der Waals surface area contributed by atoms with Crippen LogP contribution in [-0.2, 0) is 0 Å². The molecule has 10 rings (SSSR count). The van der Waals surface area contributed by atoms with E-state index in [0.29, 0.717) is 0 Å². The lowest BCUT2D eigenvalue weighted by Gasteiger charge is -2.15. The smallest absolute Gasteiger partial charge is 0.165 e. The molecule has 0 radical (unpaired) electrons. The molecule has 0 amide bonds. The third-order valence-electron chi connectivity index (χ3n) is 8.95. The van der Waals surface area contributed by atoms with E-state index < -0.39 is 0 Å². The van der Waals surface area contributed by atoms with E-state index in [0.717, 1.165) is 82.6 Å². The molecule has 4 heteroatoms.